The molecule has 0 spiro atoms. The first-order valence-electron chi connectivity index (χ1n) is 11.8. The van der Waals surface area contributed by atoms with Crippen LogP contribution in [-0.2, 0) is 37.3 Å². The average molecular weight is 488 g/mol. The van der Waals surface area contributed by atoms with E-state index in [0.29, 0.717) is 45.7 Å². The summed E-state index contributed by atoms with van der Waals surface area (Å²) in [6.45, 7) is 5.28. The van der Waals surface area contributed by atoms with Gasteiger partial charge in [0.15, 0.2) is 0 Å². The van der Waals surface area contributed by atoms with Crippen LogP contribution in [0.1, 0.15) is 17.5 Å². The number of hydrogen-bond acceptors (Lipinski definition) is 6. The molecule has 2 heterocycles. The van der Waals surface area contributed by atoms with Crippen LogP contribution < -0.4 is 4.90 Å². The van der Waals surface area contributed by atoms with Crippen LogP contribution in [0, 0.1) is 0 Å². The highest BCUT2D eigenvalue weighted by Crippen LogP contribution is 2.23. The Kier molecular flexibility index (Phi) is 8.20. The third-order valence-corrected chi connectivity index (χ3v) is 8.25. The van der Waals surface area contributed by atoms with Crippen LogP contribution >= 0.6 is 0 Å². The number of carbonyl (C=O) groups excluding carboxylic acids is 1. The van der Waals surface area contributed by atoms with E-state index in [1.54, 1.807) is 29.2 Å². The van der Waals surface area contributed by atoms with E-state index in [4.69, 9.17) is 9.47 Å². The summed E-state index contributed by atoms with van der Waals surface area (Å²) < 4.78 is 37.7. The predicted molar refractivity (Wildman–Crippen MR) is 130 cm³/mol. The van der Waals surface area contributed by atoms with Crippen molar-refractivity contribution < 1.29 is 22.7 Å². The Balaban J connectivity index is 1.32. The molecule has 2 aromatic carbocycles. The molecule has 2 saturated heterocycles. The van der Waals surface area contributed by atoms with Gasteiger partial charge in [0.2, 0.25) is 15.9 Å². The number of morpholine rings is 2. The molecule has 2 aliphatic heterocycles. The molecule has 184 valence electrons. The molecule has 2 aromatic rings. The number of rotatable bonds is 8. The zero-order valence-corrected chi connectivity index (χ0v) is 20.5. The van der Waals surface area contributed by atoms with Crippen molar-refractivity contribution in [2.75, 3.05) is 64.6 Å². The van der Waals surface area contributed by atoms with Crippen LogP contribution in [0.25, 0.3) is 0 Å². The molecule has 0 N–H and O–H groups in total. The Labute approximate surface area is 202 Å². The van der Waals surface area contributed by atoms with E-state index < -0.39 is 10.0 Å². The van der Waals surface area contributed by atoms with Gasteiger partial charge in [-0.1, -0.05) is 30.3 Å². The standard InChI is InChI=1S/C25H33N3O5S/c1-26(20-22-4-2-3-5-24(22)27-12-16-32-17-13-27)25(29)11-8-21-6-9-23(10-7-21)34(30,31)28-14-18-33-19-15-28/h2-7,9-10H,8,11-20H2,1H3. The molecule has 0 bridgehead atoms. The van der Waals surface area contributed by atoms with Crippen LogP contribution in [0.2, 0.25) is 0 Å². The van der Waals surface area contributed by atoms with Gasteiger partial charge in [0.05, 0.1) is 31.3 Å². The smallest absolute Gasteiger partial charge is 0.243 e. The fraction of sp³-hybridized carbons (Fsp3) is 0.480. The molecular formula is C25H33N3O5S. The number of aryl methyl sites for hydroxylation is 1. The summed E-state index contributed by atoms with van der Waals surface area (Å²) in [6, 6.07) is 15.1. The van der Waals surface area contributed by atoms with Crippen LogP contribution in [0.5, 0.6) is 0 Å². The summed E-state index contributed by atoms with van der Waals surface area (Å²) >= 11 is 0. The topological polar surface area (TPSA) is 79.4 Å². The van der Waals surface area contributed by atoms with Gasteiger partial charge in [-0.05, 0) is 35.7 Å². The van der Waals surface area contributed by atoms with E-state index in [-0.39, 0.29) is 10.8 Å². The molecule has 8 nitrogen and oxygen atoms in total. The number of anilines is 1. The van der Waals surface area contributed by atoms with Crippen molar-refractivity contribution >= 4 is 21.6 Å². The number of para-hydroxylation sites is 1. The number of nitrogens with zero attached hydrogens (tertiary/aromatic N) is 3. The quantitative estimate of drug-likeness (QED) is 0.568. The SMILES string of the molecule is CN(Cc1ccccc1N1CCOCC1)C(=O)CCc1ccc(S(=O)(=O)N2CCOCC2)cc1. The summed E-state index contributed by atoms with van der Waals surface area (Å²) in [5.41, 5.74) is 3.22. The molecule has 2 aliphatic rings. The molecule has 1 amide bonds. The molecule has 34 heavy (non-hydrogen) atoms. The summed E-state index contributed by atoms with van der Waals surface area (Å²) in [7, 11) is -1.68. The maximum atomic E-state index is 12.8. The van der Waals surface area contributed by atoms with Gasteiger partial charge in [0, 0.05) is 51.9 Å². The minimum Gasteiger partial charge on any atom is -0.379 e. The summed E-state index contributed by atoms with van der Waals surface area (Å²) in [5, 5.41) is 0. The second-order valence-electron chi connectivity index (χ2n) is 8.64. The largest absolute Gasteiger partial charge is 0.379 e. The lowest BCUT2D eigenvalue weighted by atomic mass is 10.1. The van der Waals surface area contributed by atoms with Crippen molar-refractivity contribution in [1.82, 2.24) is 9.21 Å². The molecule has 0 unspecified atom stereocenters. The van der Waals surface area contributed by atoms with Crippen LogP contribution in [0.15, 0.2) is 53.4 Å². The second kappa shape index (κ2) is 11.3. The molecule has 0 radical (unpaired) electrons. The first-order chi connectivity index (χ1) is 16.4. The lowest BCUT2D eigenvalue weighted by Crippen LogP contribution is -2.40. The van der Waals surface area contributed by atoms with Gasteiger partial charge < -0.3 is 19.3 Å². The van der Waals surface area contributed by atoms with Crippen molar-refractivity contribution in [3.05, 3.63) is 59.7 Å². The van der Waals surface area contributed by atoms with Gasteiger partial charge in [0.25, 0.3) is 0 Å². The molecule has 0 aromatic heterocycles. The Bertz CT molecular complexity index is 1060. The number of hydrogen-bond donors (Lipinski definition) is 0. The maximum Gasteiger partial charge on any atom is 0.243 e. The Hall–Kier alpha value is -2.46. The monoisotopic (exact) mass is 487 g/mol. The van der Waals surface area contributed by atoms with Gasteiger partial charge in [-0.2, -0.15) is 4.31 Å². The molecule has 0 saturated carbocycles. The Morgan fingerprint density at radius 2 is 1.53 bits per heavy atom. The summed E-state index contributed by atoms with van der Waals surface area (Å²) in [5.74, 6) is 0.0572. The van der Waals surface area contributed by atoms with E-state index in [1.165, 1.54) is 4.31 Å². The third kappa shape index (κ3) is 5.96. The molecular weight excluding hydrogens is 454 g/mol. The lowest BCUT2D eigenvalue weighted by Gasteiger charge is -2.31. The molecule has 9 heteroatoms. The minimum absolute atomic E-state index is 0.0572. The highest BCUT2D eigenvalue weighted by molar-refractivity contribution is 7.89. The van der Waals surface area contributed by atoms with Gasteiger partial charge in [0.1, 0.15) is 0 Å². The van der Waals surface area contributed by atoms with Crippen molar-refractivity contribution in [1.29, 1.82) is 0 Å². The molecule has 0 aliphatic carbocycles. The normalized spacial score (nSPS) is 17.5. The van der Waals surface area contributed by atoms with E-state index in [9.17, 15) is 13.2 Å². The fourth-order valence-electron chi connectivity index (χ4n) is 4.31. The van der Waals surface area contributed by atoms with E-state index in [0.717, 1.165) is 43.1 Å². The lowest BCUT2D eigenvalue weighted by molar-refractivity contribution is -0.130. The minimum atomic E-state index is -3.51. The number of sulfonamides is 1. The average Bonchev–Trinajstić information content (AvgIpc) is 2.89. The second-order valence-corrected chi connectivity index (χ2v) is 10.6. The third-order valence-electron chi connectivity index (χ3n) is 6.34. The van der Waals surface area contributed by atoms with E-state index in [2.05, 4.69) is 17.0 Å². The van der Waals surface area contributed by atoms with Crippen molar-refractivity contribution in [2.45, 2.75) is 24.3 Å². The summed E-state index contributed by atoms with van der Waals surface area (Å²) in [4.78, 5) is 17.2. The predicted octanol–water partition coefficient (Wildman–Crippen LogP) is 2.14. The zero-order chi connectivity index (χ0) is 24.0. The highest BCUT2D eigenvalue weighted by atomic mass is 32.2. The zero-order valence-electron chi connectivity index (χ0n) is 19.7. The fourth-order valence-corrected chi connectivity index (χ4v) is 5.72. The van der Waals surface area contributed by atoms with Crippen LogP contribution in [0.3, 0.4) is 0 Å². The first kappa shape index (κ1) is 24.7. The van der Waals surface area contributed by atoms with E-state index >= 15 is 0 Å². The van der Waals surface area contributed by atoms with Gasteiger partial charge in [-0.3, -0.25) is 4.79 Å². The van der Waals surface area contributed by atoms with Crippen molar-refractivity contribution in [3.8, 4) is 0 Å². The number of carbonyl (C=O) groups is 1. The molecule has 2 fully saturated rings. The summed E-state index contributed by atoms with van der Waals surface area (Å²) in [6.07, 6.45) is 0.929. The highest BCUT2D eigenvalue weighted by Gasteiger charge is 2.26. The van der Waals surface area contributed by atoms with Gasteiger partial charge >= 0.3 is 0 Å². The van der Waals surface area contributed by atoms with Crippen LogP contribution in [-0.4, -0.2) is 83.2 Å². The first-order valence-corrected chi connectivity index (χ1v) is 13.2. The van der Waals surface area contributed by atoms with Gasteiger partial charge in [-0.25, -0.2) is 8.42 Å². The van der Waals surface area contributed by atoms with Crippen LogP contribution in [0.4, 0.5) is 5.69 Å². The van der Waals surface area contributed by atoms with Crippen molar-refractivity contribution in [2.24, 2.45) is 0 Å². The van der Waals surface area contributed by atoms with Gasteiger partial charge in [-0.15, -0.1) is 0 Å². The Morgan fingerprint density at radius 3 is 2.21 bits per heavy atom. The maximum absolute atomic E-state index is 12.8. The molecule has 0 atom stereocenters. The molecule has 4 rings (SSSR count). The number of ether oxygens (including phenoxy) is 2. The number of benzene rings is 2. The van der Waals surface area contributed by atoms with Crippen molar-refractivity contribution in [3.63, 3.8) is 0 Å². The van der Waals surface area contributed by atoms with E-state index in [1.807, 2.05) is 19.2 Å². The number of amides is 1. The Morgan fingerprint density at radius 1 is 0.912 bits per heavy atom.